The Balaban J connectivity index is 1.97. The summed E-state index contributed by atoms with van der Waals surface area (Å²) in [5, 5.41) is 11.0. The number of carbonyl (C=O) groups is 1. The van der Waals surface area contributed by atoms with Crippen molar-refractivity contribution in [3.8, 4) is 5.75 Å². The number of phenols is 1. The number of aromatic hydroxyl groups is 1. The van der Waals surface area contributed by atoms with Crippen LogP contribution in [0.5, 0.6) is 5.75 Å². The van der Waals surface area contributed by atoms with E-state index in [-0.39, 0.29) is 32.9 Å². The van der Waals surface area contributed by atoms with E-state index in [1.807, 2.05) is 31.2 Å². The van der Waals surface area contributed by atoms with Crippen LogP contribution in [-0.2, 0) is 17.8 Å². The molecule has 2 aromatic heterocycles. The molecule has 36 heavy (non-hydrogen) atoms. The molecule has 0 spiro atoms. The molecule has 1 amide bonds. The van der Waals surface area contributed by atoms with Crippen LogP contribution in [0.15, 0.2) is 41.4 Å². The number of anilines is 1. The molecule has 190 valence electrons. The first-order valence-corrected chi connectivity index (χ1v) is 17.0. The standard InChI is InChI=1S/C27H30I2N5O2/c1-4-5-6-23-33-25-26(34(23)15-17-7-10-22(35)16(2)11-17)19-12-18(8-9-20(19)32-27(25)30)21(14-29-3)31-24(36)13-28/h7-12,35H,4-6,13-15H2,1-3H3,(H2,30,32)/q-1. The van der Waals surface area contributed by atoms with Gasteiger partial charge in [0.1, 0.15) is 0 Å². The molecule has 0 bridgehead atoms. The number of aliphatic imine (C=N–C) groups is 1. The normalized spacial score (nSPS) is 12.2. The van der Waals surface area contributed by atoms with Gasteiger partial charge in [-0.05, 0) is 0 Å². The summed E-state index contributed by atoms with van der Waals surface area (Å²) in [6.07, 6.45) is 2.91. The second-order valence-corrected chi connectivity index (χ2v) is 11.8. The zero-order valence-corrected chi connectivity index (χ0v) is 25.0. The van der Waals surface area contributed by atoms with E-state index in [2.05, 4.69) is 55.1 Å². The summed E-state index contributed by atoms with van der Waals surface area (Å²) in [5.74, 6) is 1.56. The van der Waals surface area contributed by atoms with Gasteiger partial charge in [-0.2, -0.15) is 0 Å². The molecule has 0 aliphatic carbocycles. The second-order valence-electron chi connectivity index (χ2n) is 8.75. The predicted molar refractivity (Wildman–Crippen MR) is 151 cm³/mol. The van der Waals surface area contributed by atoms with Crippen LogP contribution in [0.1, 0.15) is 42.3 Å². The number of nitrogens with two attached hydrogens (primary N) is 1. The van der Waals surface area contributed by atoms with Crippen LogP contribution in [-0.4, -0.2) is 45.0 Å². The van der Waals surface area contributed by atoms with Gasteiger partial charge in [-0.15, -0.1) is 0 Å². The van der Waals surface area contributed by atoms with Crippen molar-refractivity contribution in [3.05, 3.63) is 58.9 Å². The third-order valence-corrected chi connectivity index (χ3v) is 8.24. The molecular weight excluding hydrogens is 680 g/mol. The van der Waals surface area contributed by atoms with Crippen molar-refractivity contribution >= 4 is 62.0 Å². The topological polar surface area (TPSA) is 106 Å². The van der Waals surface area contributed by atoms with E-state index >= 15 is 0 Å². The number of rotatable bonds is 9. The number of nitrogen functional groups attached to an aromatic ring is 1. The third-order valence-electron chi connectivity index (χ3n) is 6.11. The number of hydrogen-bond acceptors (Lipinski definition) is 5. The van der Waals surface area contributed by atoms with E-state index in [9.17, 15) is 9.90 Å². The summed E-state index contributed by atoms with van der Waals surface area (Å²) in [7, 11) is 0. The van der Waals surface area contributed by atoms with Crippen LogP contribution in [0.2, 0.25) is 0 Å². The summed E-state index contributed by atoms with van der Waals surface area (Å²) in [6.45, 7) is 4.68. The number of nitrogens with zero attached hydrogens (tertiary/aromatic N) is 4. The summed E-state index contributed by atoms with van der Waals surface area (Å²) < 4.78 is 3.42. The van der Waals surface area contributed by atoms with E-state index < -0.39 is 0 Å². The molecule has 9 heteroatoms. The van der Waals surface area contributed by atoms with E-state index in [4.69, 9.17) is 10.7 Å². The Morgan fingerprint density at radius 1 is 1.22 bits per heavy atom. The Bertz CT molecular complexity index is 1460. The molecule has 0 fully saturated rings. The number of halogens is 2. The minimum absolute atomic E-state index is 0.0892. The Hall–Kier alpha value is -2.28. The molecule has 7 nitrogen and oxygen atoms in total. The van der Waals surface area contributed by atoms with Crippen molar-refractivity contribution in [2.45, 2.75) is 39.7 Å². The molecule has 3 N–H and O–H groups in total. The van der Waals surface area contributed by atoms with Gasteiger partial charge in [0.25, 0.3) is 0 Å². The van der Waals surface area contributed by atoms with Gasteiger partial charge in [0.15, 0.2) is 0 Å². The molecule has 0 saturated carbocycles. The van der Waals surface area contributed by atoms with Crippen LogP contribution in [0.4, 0.5) is 5.82 Å². The van der Waals surface area contributed by atoms with Crippen LogP contribution >= 0.6 is 22.6 Å². The van der Waals surface area contributed by atoms with Crippen molar-refractivity contribution in [2.24, 2.45) is 4.99 Å². The van der Waals surface area contributed by atoms with Crippen LogP contribution in [0.3, 0.4) is 0 Å². The fraction of sp³-hybridized carbons (Fsp3) is 0.333. The van der Waals surface area contributed by atoms with E-state index in [0.29, 0.717) is 22.3 Å². The average molecular weight is 710 g/mol. The fourth-order valence-corrected chi connectivity index (χ4v) is 5.81. The third kappa shape index (κ3) is 5.66. The van der Waals surface area contributed by atoms with Crippen molar-refractivity contribution in [1.82, 2.24) is 14.5 Å². The van der Waals surface area contributed by atoms with Gasteiger partial charge >= 0.3 is 231 Å². The van der Waals surface area contributed by atoms with Crippen molar-refractivity contribution < 1.29 is 31.1 Å². The van der Waals surface area contributed by atoms with Gasteiger partial charge in [0.05, 0.1) is 0 Å². The first kappa shape index (κ1) is 26.8. The fourth-order valence-electron chi connectivity index (χ4n) is 4.31. The van der Waals surface area contributed by atoms with Gasteiger partial charge in [-0.25, -0.2) is 0 Å². The first-order chi connectivity index (χ1) is 17.4. The number of hydrogen-bond donors (Lipinski definition) is 2. The van der Waals surface area contributed by atoms with Crippen LogP contribution in [0.25, 0.3) is 21.9 Å². The van der Waals surface area contributed by atoms with Gasteiger partial charge in [-0.3, -0.25) is 0 Å². The van der Waals surface area contributed by atoms with Crippen molar-refractivity contribution in [1.29, 1.82) is 0 Å². The van der Waals surface area contributed by atoms with Gasteiger partial charge in [0, 0.05) is 0 Å². The van der Waals surface area contributed by atoms with E-state index in [1.54, 1.807) is 6.07 Å². The summed E-state index contributed by atoms with van der Waals surface area (Å²) in [6, 6.07) is 11.7. The number of unbranched alkanes of at least 4 members (excludes halogenated alkanes) is 1. The molecule has 0 aliphatic rings. The molecule has 0 radical (unpaired) electrons. The number of aryl methyl sites for hydroxylation is 2. The predicted octanol–water partition coefficient (Wildman–Crippen LogP) is 2.04. The van der Waals surface area contributed by atoms with E-state index in [1.165, 1.54) is 0 Å². The number of benzene rings is 2. The maximum atomic E-state index is 12.2. The van der Waals surface area contributed by atoms with Gasteiger partial charge < -0.3 is 5.11 Å². The molecule has 0 atom stereocenters. The molecule has 2 aromatic carbocycles. The molecule has 4 rings (SSSR count). The first-order valence-electron chi connectivity index (χ1n) is 11.8. The quantitative estimate of drug-likeness (QED) is 0.157. The number of alkyl halides is 3. The second kappa shape index (κ2) is 11.8. The number of fused-ring (bicyclic) bond motifs is 3. The zero-order chi connectivity index (χ0) is 25.8. The van der Waals surface area contributed by atoms with E-state index in [0.717, 1.165) is 68.3 Å². The molecule has 4 aromatic rings. The Kier molecular flexibility index (Phi) is 8.81. The number of pyridine rings is 1. The number of imidazole rings is 1. The summed E-state index contributed by atoms with van der Waals surface area (Å²) in [4.78, 5) is 28.4. The SMILES string of the molecule is CCCCc1nc2c(N)nc3ccc(C(C[I-]C)=NC(=O)CI)cc3c2n1Cc1ccc(O)c(C)c1. The Labute approximate surface area is 235 Å². The number of phenolic OH excluding ortho intramolecular Hbond substituents is 1. The molecular formula is C27H30I2N5O2-. The van der Waals surface area contributed by atoms with Crippen molar-refractivity contribution in [3.63, 3.8) is 0 Å². The van der Waals surface area contributed by atoms with Crippen LogP contribution in [0, 0.1) is 6.92 Å². The van der Waals surface area contributed by atoms with Gasteiger partial charge in [0.2, 0.25) is 0 Å². The zero-order valence-electron chi connectivity index (χ0n) is 20.7. The number of carbonyl (C=O) groups excluding carboxylic acids is 1. The van der Waals surface area contributed by atoms with Gasteiger partial charge in [-0.1, -0.05) is 0 Å². The minimum atomic E-state index is -0.113. The average Bonchev–Trinajstić information content (AvgIpc) is 3.23. The molecule has 0 saturated heterocycles. The Morgan fingerprint density at radius 3 is 2.72 bits per heavy atom. The molecule has 2 heterocycles. The Morgan fingerprint density at radius 2 is 2.03 bits per heavy atom. The van der Waals surface area contributed by atoms with Crippen molar-refractivity contribution in [2.75, 3.05) is 19.5 Å². The number of amides is 1. The monoisotopic (exact) mass is 710 g/mol. The maximum absolute atomic E-state index is 12.2. The summed E-state index contributed by atoms with van der Waals surface area (Å²) >= 11 is 1.97. The summed E-state index contributed by atoms with van der Waals surface area (Å²) in [5.41, 5.74) is 12.5. The number of aromatic nitrogens is 3. The van der Waals surface area contributed by atoms with Crippen LogP contribution < -0.4 is 26.9 Å². The molecule has 0 unspecified atom stereocenters. The molecule has 0 aliphatic heterocycles.